The number of hydrogen-bond acceptors (Lipinski definition) is 2. The maximum Gasteiger partial charge on any atom is 0.0924 e. The summed E-state index contributed by atoms with van der Waals surface area (Å²) in [4.78, 5) is 2.54. The molecule has 2 atom stereocenters. The zero-order chi connectivity index (χ0) is 12.6. The van der Waals surface area contributed by atoms with Crippen LogP contribution in [0.5, 0.6) is 0 Å². The highest BCUT2D eigenvalue weighted by atomic mass is 35.5. The van der Waals surface area contributed by atoms with Gasteiger partial charge < -0.3 is 10.0 Å². The molecule has 0 spiro atoms. The predicted molar refractivity (Wildman–Crippen MR) is 73.8 cm³/mol. The Bertz CT molecular complexity index is 436. The van der Waals surface area contributed by atoms with Crippen molar-refractivity contribution in [2.75, 3.05) is 13.1 Å². The molecule has 2 aliphatic rings. The van der Waals surface area contributed by atoms with Crippen LogP contribution in [0.25, 0.3) is 0 Å². The van der Waals surface area contributed by atoms with Crippen LogP contribution in [0.1, 0.15) is 37.7 Å². The van der Waals surface area contributed by atoms with Gasteiger partial charge in [-0.3, -0.25) is 0 Å². The van der Waals surface area contributed by atoms with Crippen molar-refractivity contribution in [1.29, 1.82) is 0 Å². The molecular weight excluding hydrogens is 246 g/mol. The van der Waals surface area contributed by atoms with Crippen LogP contribution in [0.3, 0.4) is 0 Å². The molecule has 0 saturated carbocycles. The van der Waals surface area contributed by atoms with Gasteiger partial charge in [0.25, 0.3) is 0 Å². The Morgan fingerprint density at radius 1 is 1.28 bits per heavy atom. The maximum atomic E-state index is 10.9. The zero-order valence-corrected chi connectivity index (χ0v) is 11.4. The van der Waals surface area contributed by atoms with Crippen molar-refractivity contribution in [3.8, 4) is 0 Å². The number of rotatable bonds is 1. The van der Waals surface area contributed by atoms with Gasteiger partial charge in [-0.15, -0.1) is 0 Å². The first-order chi connectivity index (χ1) is 8.67. The highest BCUT2D eigenvalue weighted by Gasteiger charge is 2.40. The van der Waals surface area contributed by atoms with Crippen LogP contribution in [-0.4, -0.2) is 29.1 Å². The van der Waals surface area contributed by atoms with Gasteiger partial charge >= 0.3 is 0 Å². The van der Waals surface area contributed by atoms with Crippen LogP contribution >= 0.6 is 11.6 Å². The summed E-state index contributed by atoms with van der Waals surface area (Å²) >= 11 is 6.04. The molecule has 2 fully saturated rings. The van der Waals surface area contributed by atoms with E-state index in [-0.39, 0.29) is 0 Å². The van der Waals surface area contributed by atoms with Gasteiger partial charge in [0.05, 0.1) is 5.60 Å². The summed E-state index contributed by atoms with van der Waals surface area (Å²) in [5, 5.41) is 11.6. The van der Waals surface area contributed by atoms with Crippen molar-refractivity contribution >= 4 is 11.6 Å². The van der Waals surface area contributed by atoms with Gasteiger partial charge in [-0.05, 0) is 49.9 Å². The second-order valence-electron chi connectivity index (χ2n) is 5.68. The van der Waals surface area contributed by atoms with E-state index in [1.807, 2.05) is 24.3 Å². The average Bonchev–Trinajstić information content (AvgIpc) is 2.38. The molecule has 18 heavy (non-hydrogen) atoms. The lowest BCUT2D eigenvalue weighted by Crippen LogP contribution is -2.50. The van der Waals surface area contributed by atoms with Crippen LogP contribution in [0.2, 0.25) is 5.02 Å². The second-order valence-corrected chi connectivity index (χ2v) is 6.12. The average molecular weight is 266 g/mol. The van der Waals surface area contributed by atoms with E-state index in [0.29, 0.717) is 11.1 Å². The SMILES string of the molecule is O[C@]1(c2cccc(Cl)c2)CCN2CCCCC2C1. The molecule has 1 unspecified atom stereocenters. The van der Waals surface area contributed by atoms with Crippen molar-refractivity contribution < 1.29 is 5.11 Å². The Kier molecular flexibility index (Phi) is 3.35. The molecule has 0 aromatic heterocycles. The number of aliphatic hydroxyl groups is 1. The third-order valence-corrected chi connectivity index (χ3v) is 4.73. The largest absolute Gasteiger partial charge is 0.385 e. The maximum absolute atomic E-state index is 10.9. The minimum Gasteiger partial charge on any atom is -0.385 e. The van der Waals surface area contributed by atoms with E-state index in [1.54, 1.807) is 0 Å². The van der Waals surface area contributed by atoms with E-state index in [4.69, 9.17) is 11.6 Å². The Balaban J connectivity index is 1.83. The lowest BCUT2D eigenvalue weighted by atomic mass is 9.78. The third kappa shape index (κ3) is 2.29. The van der Waals surface area contributed by atoms with E-state index < -0.39 is 5.60 Å². The summed E-state index contributed by atoms with van der Waals surface area (Å²) < 4.78 is 0. The fourth-order valence-electron chi connectivity index (χ4n) is 3.45. The molecule has 1 N–H and O–H groups in total. The lowest BCUT2D eigenvalue weighted by molar-refractivity contribution is -0.0611. The number of nitrogens with zero attached hydrogens (tertiary/aromatic N) is 1. The molecule has 2 saturated heterocycles. The van der Waals surface area contributed by atoms with E-state index >= 15 is 0 Å². The van der Waals surface area contributed by atoms with Crippen molar-refractivity contribution in [3.05, 3.63) is 34.9 Å². The molecule has 0 aliphatic carbocycles. The van der Waals surface area contributed by atoms with Crippen LogP contribution in [-0.2, 0) is 5.60 Å². The first kappa shape index (κ1) is 12.5. The lowest BCUT2D eigenvalue weighted by Gasteiger charge is -2.46. The number of halogens is 1. The molecule has 3 rings (SSSR count). The minimum atomic E-state index is -0.677. The first-order valence-corrected chi connectivity index (χ1v) is 7.28. The monoisotopic (exact) mass is 265 g/mol. The Morgan fingerprint density at radius 2 is 2.17 bits per heavy atom. The van der Waals surface area contributed by atoms with E-state index in [2.05, 4.69) is 4.90 Å². The fraction of sp³-hybridized carbons (Fsp3) is 0.600. The number of piperidine rings is 2. The van der Waals surface area contributed by atoms with Gasteiger partial charge in [-0.25, -0.2) is 0 Å². The van der Waals surface area contributed by atoms with E-state index in [1.165, 1.54) is 25.8 Å². The van der Waals surface area contributed by atoms with Crippen LogP contribution in [0.4, 0.5) is 0 Å². The predicted octanol–water partition coefficient (Wildman–Crippen LogP) is 3.18. The minimum absolute atomic E-state index is 0.552. The summed E-state index contributed by atoms with van der Waals surface area (Å²) in [6.07, 6.45) is 5.51. The standard InChI is InChI=1S/C15H20ClNO/c16-13-5-3-4-12(10-13)15(18)7-9-17-8-2-1-6-14(17)11-15/h3-5,10,14,18H,1-2,6-9,11H2/t14?,15-/m1/s1. The molecule has 2 aliphatic heterocycles. The molecule has 0 radical (unpaired) electrons. The third-order valence-electron chi connectivity index (χ3n) is 4.50. The Morgan fingerprint density at radius 3 is 3.00 bits per heavy atom. The van der Waals surface area contributed by atoms with Gasteiger partial charge in [-0.2, -0.15) is 0 Å². The summed E-state index contributed by atoms with van der Waals surface area (Å²) in [6, 6.07) is 8.27. The van der Waals surface area contributed by atoms with E-state index in [0.717, 1.165) is 24.9 Å². The van der Waals surface area contributed by atoms with Gasteiger partial charge in [0, 0.05) is 17.6 Å². The number of benzene rings is 1. The molecule has 0 bridgehead atoms. The van der Waals surface area contributed by atoms with Crippen molar-refractivity contribution in [3.63, 3.8) is 0 Å². The van der Waals surface area contributed by atoms with Gasteiger partial charge in [0.2, 0.25) is 0 Å². The smallest absolute Gasteiger partial charge is 0.0924 e. The quantitative estimate of drug-likeness (QED) is 0.843. The van der Waals surface area contributed by atoms with Crippen LogP contribution in [0, 0.1) is 0 Å². The number of fused-ring (bicyclic) bond motifs is 1. The summed E-state index contributed by atoms with van der Waals surface area (Å²) in [5.74, 6) is 0. The molecule has 3 heteroatoms. The molecule has 98 valence electrons. The highest BCUT2D eigenvalue weighted by Crippen LogP contribution is 2.39. The number of hydrogen-bond donors (Lipinski definition) is 1. The Hall–Kier alpha value is -0.570. The summed E-state index contributed by atoms with van der Waals surface area (Å²) in [5.41, 5.74) is 0.309. The fourth-order valence-corrected chi connectivity index (χ4v) is 3.64. The zero-order valence-electron chi connectivity index (χ0n) is 10.6. The van der Waals surface area contributed by atoms with Crippen molar-refractivity contribution in [1.82, 2.24) is 4.90 Å². The summed E-state index contributed by atoms with van der Waals surface area (Å²) in [6.45, 7) is 2.21. The van der Waals surface area contributed by atoms with Crippen molar-refractivity contribution in [2.45, 2.75) is 43.7 Å². The van der Waals surface area contributed by atoms with Gasteiger partial charge in [0.15, 0.2) is 0 Å². The molecule has 1 aromatic rings. The topological polar surface area (TPSA) is 23.5 Å². The summed E-state index contributed by atoms with van der Waals surface area (Å²) in [7, 11) is 0. The highest BCUT2D eigenvalue weighted by molar-refractivity contribution is 6.30. The normalized spacial score (nSPS) is 33.1. The van der Waals surface area contributed by atoms with Crippen LogP contribution in [0.15, 0.2) is 24.3 Å². The Labute approximate surface area is 114 Å². The molecular formula is C15H20ClNO. The molecule has 1 aromatic carbocycles. The second kappa shape index (κ2) is 4.84. The van der Waals surface area contributed by atoms with E-state index in [9.17, 15) is 5.11 Å². The molecule has 2 nitrogen and oxygen atoms in total. The molecule has 0 amide bonds. The van der Waals surface area contributed by atoms with Gasteiger partial charge in [0.1, 0.15) is 0 Å². The van der Waals surface area contributed by atoms with Crippen LogP contribution < -0.4 is 0 Å². The first-order valence-electron chi connectivity index (χ1n) is 6.90. The van der Waals surface area contributed by atoms with Gasteiger partial charge in [-0.1, -0.05) is 30.2 Å². The van der Waals surface area contributed by atoms with Crippen molar-refractivity contribution in [2.24, 2.45) is 0 Å². The molecule has 2 heterocycles.